The van der Waals surface area contributed by atoms with E-state index in [4.69, 9.17) is 23.2 Å². The first-order valence-corrected chi connectivity index (χ1v) is 7.21. The molecule has 5 heteroatoms. The van der Waals surface area contributed by atoms with Gasteiger partial charge >= 0.3 is 0 Å². The van der Waals surface area contributed by atoms with Crippen LogP contribution < -0.4 is 10.2 Å². The molecule has 0 saturated carbocycles. The molecule has 1 N–H and O–H groups in total. The van der Waals surface area contributed by atoms with Gasteiger partial charge in [-0.3, -0.25) is 0 Å². The minimum Gasteiger partial charge on any atom is -0.372 e. The largest absolute Gasteiger partial charge is 0.372 e. The number of hydrogen-bond donors (Lipinski definition) is 1. The van der Waals surface area contributed by atoms with E-state index in [1.165, 1.54) is 5.56 Å². The summed E-state index contributed by atoms with van der Waals surface area (Å²) >= 11 is 12.4. The number of nitrogens with one attached hydrogen (secondary N) is 1. The highest BCUT2D eigenvalue weighted by molar-refractivity contribution is 6.37. The summed E-state index contributed by atoms with van der Waals surface area (Å²) in [4.78, 5) is 6.61. The number of benzene rings is 1. The van der Waals surface area contributed by atoms with Crippen LogP contribution in [0.25, 0.3) is 0 Å². The minimum atomic E-state index is 0.516. The van der Waals surface area contributed by atoms with E-state index in [0.29, 0.717) is 21.7 Å². The third-order valence-corrected chi connectivity index (χ3v) is 3.69. The van der Waals surface area contributed by atoms with Crippen molar-refractivity contribution in [3.63, 3.8) is 0 Å². The van der Waals surface area contributed by atoms with Gasteiger partial charge in [0.25, 0.3) is 0 Å². The molecule has 0 aliphatic carbocycles. The third-order valence-electron chi connectivity index (χ3n) is 3.13. The van der Waals surface area contributed by atoms with Gasteiger partial charge in [0.1, 0.15) is 5.82 Å². The maximum absolute atomic E-state index is 6.32. The molecular weight excluding hydrogens is 293 g/mol. The van der Waals surface area contributed by atoms with Crippen LogP contribution in [0.2, 0.25) is 10.0 Å². The zero-order chi connectivity index (χ0) is 14.7. The molecule has 1 heterocycles. The molecule has 0 spiro atoms. The summed E-state index contributed by atoms with van der Waals surface area (Å²) in [7, 11) is 1.79. The summed E-state index contributed by atoms with van der Waals surface area (Å²) in [6.07, 6.45) is 0. The zero-order valence-corrected chi connectivity index (χ0v) is 13.3. The van der Waals surface area contributed by atoms with Crippen molar-refractivity contribution in [1.29, 1.82) is 0 Å². The lowest BCUT2D eigenvalue weighted by Gasteiger charge is -2.25. The van der Waals surface area contributed by atoms with Gasteiger partial charge in [0, 0.05) is 19.3 Å². The van der Waals surface area contributed by atoms with Gasteiger partial charge in [-0.05, 0) is 31.5 Å². The van der Waals surface area contributed by atoms with Crippen LogP contribution >= 0.6 is 23.2 Å². The Morgan fingerprint density at radius 2 is 1.90 bits per heavy atom. The molecule has 2 rings (SSSR count). The Morgan fingerprint density at radius 1 is 1.20 bits per heavy atom. The fraction of sp³-hybridized carbons (Fsp3) is 0.267. The van der Waals surface area contributed by atoms with E-state index in [0.717, 1.165) is 12.2 Å². The summed E-state index contributed by atoms with van der Waals surface area (Å²) in [5.41, 5.74) is 2.27. The molecule has 3 nitrogen and oxygen atoms in total. The van der Waals surface area contributed by atoms with Crippen molar-refractivity contribution in [2.45, 2.75) is 13.8 Å². The molecule has 0 saturated heterocycles. The van der Waals surface area contributed by atoms with E-state index < -0.39 is 0 Å². The molecular formula is C15H17Cl2N3. The summed E-state index contributed by atoms with van der Waals surface area (Å²) in [6.45, 7) is 4.90. The van der Waals surface area contributed by atoms with Gasteiger partial charge in [0.05, 0.1) is 10.0 Å². The molecule has 2 aromatic rings. The highest BCUT2D eigenvalue weighted by atomic mass is 35.5. The quantitative estimate of drug-likeness (QED) is 0.871. The number of anilines is 3. The topological polar surface area (TPSA) is 28.2 Å². The first-order chi connectivity index (χ1) is 9.58. The summed E-state index contributed by atoms with van der Waals surface area (Å²) in [6, 6.07) is 9.87. The molecule has 0 radical (unpaired) electrons. The van der Waals surface area contributed by atoms with Gasteiger partial charge in [-0.1, -0.05) is 41.4 Å². The molecule has 0 bridgehead atoms. The molecule has 0 fully saturated rings. The normalized spacial score (nSPS) is 10.4. The van der Waals surface area contributed by atoms with Crippen molar-refractivity contribution in [2.24, 2.45) is 0 Å². The molecule has 1 aromatic heterocycles. The molecule has 106 valence electrons. The van der Waals surface area contributed by atoms with Gasteiger partial charge in [0.15, 0.2) is 5.82 Å². The summed E-state index contributed by atoms with van der Waals surface area (Å²) < 4.78 is 0. The third kappa shape index (κ3) is 2.84. The molecule has 0 aliphatic rings. The van der Waals surface area contributed by atoms with Crippen LogP contribution in [-0.2, 0) is 0 Å². The van der Waals surface area contributed by atoms with Crippen LogP contribution in [0.3, 0.4) is 0 Å². The monoisotopic (exact) mass is 309 g/mol. The first kappa shape index (κ1) is 14.9. The van der Waals surface area contributed by atoms with E-state index in [1.807, 2.05) is 12.1 Å². The average molecular weight is 310 g/mol. The van der Waals surface area contributed by atoms with Crippen molar-refractivity contribution < 1.29 is 0 Å². The number of aryl methyl sites for hydroxylation is 1. The van der Waals surface area contributed by atoms with Crippen LogP contribution in [0.5, 0.6) is 0 Å². The van der Waals surface area contributed by atoms with Crippen LogP contribution in [-0.4, -0.2) is 18.6 Å². The van der Waals surface area contributed by atoms with E-state index >= 15 is 0 Å². The Kier molecular flexibility index (Phi) is 4.73. The Labute approximate surface area is 129 Å². The first-order valence-electron chi connectivity index (χ1n) is 6.45. The number of halogens is 2. The van der Waals surface area contributed by atoms with Crippen molar-refractivity contribution >= 4 is 40.5 Å². The SMILES string of the molecule is CCN(c1ccccc1C)c1nc(NC)c(Cl)cc1Cl. The number of para-hydroxylation sites is 1. The van der Waals surface area contributed by atoms with E-state index in [9.17, 15) is 0 Å². The van der Waals surface area contributed by atoms with Crippen LogP contribution in [0.15, 0.2) is 30.3 Å². The standard InChI is InChI=1S/C15H17Cl2N3/c1-4-20(13-8-6-5-7-10(13)2)15-12(17)9-11(16)14(18-3)19-15/h5-9H,4H2,1-3H3,(H,18,19). The smallest absolute Gasteiger partial charge is 0.154 e. The molecule has 0 atom stereocenters. The maximum atomic E-state index is 6.32. The lowest BCUT2D eigenvalue weighted by Crippen LogP contribution is -2.19. The molecule has 0 amide bonds. The Bertz CT molecular complexity index is 614. The second-order valence-electron chi connectivity index (χ2n) is 4.40. The molecule has 20 heavy (non-hydrogen) atoms. The maximum Gasteiger partial charge on any atom is 0.154 e. The predicted molar refractivity (Wildman–Crippen MR) is 87.7 cm³/mol. The fourth-order valence-electron chi connectivity index (χ4n) is 2.12. The zero-order valence-electron chi connectivity index (χ0n) is 11.7. The highest BCUT2D eigenvalue weighted by Crippen LogP contribution is 2.35. The van der Waals surface area contributed by atoms with E-state index in [-0.39, 0.29) is 0 Å². The van der Waals surface area contributed by atoms with Crippen LogP contribution in [0, 0.1) is 6.92 Å². The fourth-order valence-corrected chi connectivity index (χ4v) is 2.68. The van der Waals surface area contributed by atoms with E-state index in [1.54, 1.807) is 13.1 Å². The van der Waals surface area contributed by atoms with Crippen molar-refractivity contribution in [1.82, 2.24) is 4.98 Å². The number of nitrogens with zero attached hydrogens (tertiary/aromatic N) is 2. The summed E-state index contributed by atoms with van der Waals surface area (Å²) in [5, 5.41) is 4.04. The van der Waals surface area contributed by atoms with Gasteiger partial charge < -0.3 is 10.2 Å². The predicted octanol–water partition coefficient (Wildman–Crippen LogP) is 4.90. The lowest BCUT2D eigenvalue weighted by atomic mass is 10.2. The van der Waals surface area contributed by atoms with Gasteiger partial charge in [-0.25, -0.2) is 4.98 Å². The summed E-state index contributed by atoms with van der Waals surface area (Å²) in [5.74, 6) is 1.33. The van der Waals surface area contributed by atoms with Crippen molar-refractivity contribution in [2.75, 3.05) is 23.8 Å². The number of hydrogen-bond acceptors (Lipinski definition) is 3. The number of rotatable bonds is 4. The number of aromatic nitrogens is 1. The Hall–Kier alpha value is -1.45. The Morgan fingerprint density at radius 3 is 2.50 bits per heavy atom. The van der Waals surface area contributed by atoms with Crippen LogP contribution in [0.4, 0.5) is 17.3 Å². The van der Waals surface area contributed by atoms with Gasteiger partial charge in [-0.15, -0.1) is 0 Å². The van der Waals surface area contributed by atoms with Crippen LogP contribution in [0.1, 0.15) is 12.5 Å². The molecule has 0 aliphatic heterocycles. The average Bonchev–Trinajstić information content (AvgIpc) is 2.43. The molecule has 0 unspecified atom stereocenters. The minimum absolute atomic E-state index is 0.516. The van der Waals surface area contributed by atoms with Crippen molar-refractivity contribution in [3.05, 3.63) is 45.9 Å². The Balaban J connectivity index is 2.55. The lowest BCUT2D eigenvalue weighted by molar-refractivity contribution is 0.984. The highest BCUT2D eigenvalue weighted by Gasteiger charge is 2.16. The van der Waals surface area contributed by atoms with Crippen molar-refractivity contribution in [3.8, 4) is 0 Å². The second kappa shape index (κ2) is 6.33. The second-order valence-corrected chi connectivity index (χ2v) is 5.22. The number of pyridine rings is 1. The van der Waals surface area contributed by atoms with Gasteiger partial charge in [-0.2, -0.15) is 0 Å². The van der Waals surface area contributed by atoms with E-state index in [2.05, 4.69) is 41.2 Å². The van der Waals surface area contributed by atoms with Gasteiger partial charge in [0.2, 0.25) is 0 Å². The molecule has 1 aromatic carbocycles.